The Bertz CT molecular complexity index is 939. The van der Waals surface area contributed by atoms with Crippen LogP contribution in [-0.2, 0) is 52.2 Å². The van der Waals surface area contributed by atoms with Crippen molar-refractivity contribution in [1.29, 1.82) is 0 Å². The minimum atomic E-state index is -3.87. The average molecular weight is 589 g/mol. The van der Waals surface area contributed by atoms with Crippen molar-refractivity contribution in [3.8, 4) is 0 Å². The molecule has 228 valence electrons. The van der Waals surface area contributed by atoms with Crippen molar-refractivity contribution in [2.45, 2.75) is 55.2 Å². The molecule has 4 aliphatic rings. The quantitative estimate of drug-likeness (QED) is 0.164. The lowest BCUT2D eigenvalue weighted by Crippen LogP contribution is -2.69. The Kier molecular flexibility index (Phi) is 12.6. The summed E-state index contributed by atoms with van der Waals surface area (Å²) in [6.07, 6.45) is 0.938. The topological polar surface area (TPSA) is 117 Å². The molecule has 12 heteroatoms. The van der Waals surface area contributed by atoms with Crippen LogP contribution in [0.25, 0.3) is 0 Å². The zero-order valence-electron chi connectivity index (χ0n) is 23.7. The van der Waals surface area contributed by atoms with Crippen LogP contribution in [0.2, 0.25) is 0 Å². The lowest BCUT2D eigenvalue weighted by molar-refractivity contribution is -0.314. The fourth-order valence-corrected chi connectivity index (χ4v) is 6.75. The highest BCUT2D eigenvalue weighted by Gasteiger charge is 2.61. The average Bonchev–Trinajstić information content (AvgIpc) is 2.94. The molecule has 0 aromatic heterocycles. The Morgan fingerprint density at radius 3 is 1.75 bits per heavy atom. The summed E-state index contributed by atoms with van der Waals surface area (Å²) in [5, 5.41) is 0. The van der Waals surface area contributed by atoms with Crippen LogP contribution in [0.3, 0.4) is 0 Å². The second kappa shape index (κ2) is 15.9. The maximum Gasteiger partial charge on any atom is 0.297 e. The van der Waals surface area contributed by atoms with E-state index in [0.717, 1.165) is 18.4 Å². The summed E-state index contributed by atoms with van der Waals surface area (Å²) < 4.78 is 77.0. The zero-order valence-corrected chi connectivity index (χ0v) is 24.6. The summed E-state index contributed by atoms with van der Waals surface area (Å²) in [6.45, 7) is 5.76. The van der Waals surface area contributed by atoms with Gasteiger partial charge in [-0.15, -0.1) is 0 Å². The van der Waals surface area contributed by atoms with E-state index in [1.165, 1.54) is 0 Å². The van der Waals surface area contributed by atoms with E-state index in [9.17, 15) is 8.42 Å². The summed E-state index contributed by atoms with van der Waals surface area (Å²) in [4.78, 5) is 0.124. The van der Waals surface area contributed by atoms with Gasteiger partial charge in [-0.25, -0.2) is 0 Å². The third kappa shape index (κ3) is 8.43. The van der Waals surface area contributed by atoms with E-state index in [4.69, 9.17) is 42.1 Å². The lowest BCUT2D eigenvalue weighted by Gasteiger charge is -2.60. The van der Waals surface area contributed by atoms with Crippen LogP contribution in [0, 0.1) is 18.8 Å². The Labute approximate surface area is 237 Å². The van der Waals surface area contributed by atoms with Gasteiger partial charge >= 0.3 is 0 Å². The van der Waals surface area contributed by atoms with Crippen molar-refractivity contribution >= 4 is 10.1 Å². The maximum absolute atomic E-state index is 12.6. The highest BCUT2D eigenvalue weighted by Crippen LogP contribution is 2.51. The molecule has 0 radical (unpaired) electrons. The SMILES string of the molecule is COCCOCCOC1C2OC3CC([C@H]2OCCOS(=O)(=O)c2ccc(C)cc2)[C@H](OCCOCCOC)[C@@H]1C3. The van der Waals surface area contributed by atoms with E-state index in [2.05, 4.69) is 0 Å². The van der Waals surface area contributed by atoms with E-state index < -0.39 is 10.1 Å². The van der Waals surface area contributed by atoms with E-state index >= 15 is 0 Å². The molecule has 40 heavy (non-hydrogen) atoms. The van der Waals surface area contributed by atoms with Gasteiger partial charge in [0.25, 0.3) is 10.1 Å². The van der Waals surface area contributed by atoms with E-state index in [0.29, 0.717) is 52.9 Å². The number of ether oxygens (including phenoxy) is 8. The summed E-state index contributed by atoms with van der Waals surface area (Å²) in [5.41, 5.74) is 0.973. The first-order chi connectivity index (χ1) is 19.4. The van der Waals surface area contributed by atoms with Gasteiger partial charge in [-0.3, -0.25) is 4.18 Å². The Morgan fingerprint density at radius 1 is 0.700 bits per heavy atom. The van der Waals surface area contributed by atoms with Crippen molar-refractivity contribution in [2.75, 3.05) is 80.3 Å². The molecule has 11 nitrogen and oxygen atoms in total. The summed E-state index contributed by atoms with van der Waals surface area (Å²) in [7, 11) is -0.594. The smallest absolute Gasteiger partial charge is 0.297 e. The second-order valence-electron chi connectivity index (χ2n) is 10.3. The number of rotatable bonds is 20. The molecular formula is C28H44O11S. The van der Waals surface area contributed by atoms with Crippen LogP contribution in [0.1, 0.15) is 18.4 Å². The highest BCUT2D eigenvalue weighted by atomic mass is 32.2. The number of hydrogen-bond acceptors (Lipinski definition) is 11. The van der Waals surface area contributed by atoms with Gasteiger partial charge < -0.3 is 37.9 Å². The molecule has 1 aromatic carbocycles. The Morgan fingerprint density at radius 2 is 1.20 bits per heavy atom. The third-order valence-electron chi connectivity index (χ3n) is 7.64. The summed E-state index contributed by atoms with van der Waals surface area (Å²) >= 11 is 0. The molecular weight excluding hydrogens is 544 g/mol. The molecule has 0 N–H and O–H groups in total. The van der Waals surface area contributed by atoms with Crippen molar-refractivity contribution in [1.82, 2.24) is 0 Å². The largest absolute Gasteiger partial charge is 0.382 e. The minimum absolute atomic E-state index is 0.0796. The summed E-state index contributed by atoms with van der Waals surface area (Å²) in [6, 6.07) is 6.56. The molecule has 4 unspecified atom stereocenters. The van der Waals surface area contributed by atoms with Crippen LogP contribution in [0.4, 0.5) is 0 Å². The van der Waals surface area contributed by atoms with Gasteiger partial charge in [0.15, 0.2) is 0 Å². The van der Waals surface area contributed by atoms with Gasteiger partial charge in [0.05, 0.1) is 95.4 Å². The predicted molar refractivity (Wildman–Crippen MR) is 144 cm³/mol. The van der Waals surface area contributed by atoms with Gasteiger partial charge in [0.1, 0.15) is 6.10 Å². The van der Waals surface area contributed by atoms with Gasteiger partial charge in [-0.2, -0.15) is 8.42 Å². The second-order valence-corrected chi connectivity index (χ2v) is 11.9. The van der Waals surface area contributed by atoms with Crippen molar-refractivity contribution < 1.29 is 50.5 Å². The molecule has 0 spiro atoms. The molecule has 7 atom stereocenters. The normalized spacial score (nSPS) is 29.3. The molecule has 5 rings (SSSR count). The molecule has 2 saturated carbocycles. The predicted octanol–water partition coefficient (Wildman–Crippen LogP) is 1.99. The minimum Gasteiger partial charge on any atom is -0.382 e. The molecule has 4 fully saturated rings. The third-order valence-corrected chi connectivity index (χ3v) is 8.96. The van der Waals surface area contributed by atoms with E-state index in [1.807, 2.05) is 6.92 Å². The fraction of sp³-hybridized carbons (Fsp3) is 0.786. The molecule has 0 amide bonds. The van der Waals surface area contributed by atoms with Gasteiger partial charge in [0.2, 0.25) is 0 Å². The fourth-order valence-electron chi connectivity index (χ4n) is 5.85. The van der Waals surface area contributed by atoms with Crippen LogP contribution in [0.5, 0.6) is 0 Å². The van der Waals surface area contributed by atoms with Crippen molar-refractivity contribution in [3.05, 3.63) is 29.8 Å². The molecule has 1 aromatic rings. The van der Waals surface area contributed by atoms with E-state index in [1.54, 1.807) is 38.5 Å². The molecule has 2 aliphatic heterocycles. The van der Waals surface area contributed by atoms with E-state index in [-0.39, 0.29) is 60.5 Å². The summed E-state index contributed by atoms with van der Waals surface area (Å²) in [5.74, 6) is 0.270. The van der Waals surface area contributed by atoms with Gasteiger partial charge in [-0.05, 0) is 31.9 Å². The zero-order chi connectivity index (χ0) is 28.4. The number of aryl methyl sites for hydroxylation is 1. The Hall–Kier alpha value is -1.19. The number of benzene rings is 1. The van der Waals surface area contributed by atoms with Crippen LogP contribution >= 0.6 is 0 Å². The lowest BCUT2D eigenvalue weighted by atomic mass is 9.62. The number of methoxy groups -OCH3 is 2. The Balaban J connectivity index is 1.34. The van der Waals surface area contributed by atoms with Crippen LogP contribution in [0.15, 0.2) is 29.2 Å². The number of hydrogen-bond donors (Lipinski definition) is 0. The first kappa shape index (κ1) is 31.7. The van der Waals surface area contributed by atoms with Crippen molar-refractivity contribution in [3.63, 3.8) is 0 Å². The molecule has 2 saturated heterocycles. The molecule has 2 heterocycles. The first-order valence-electron chi connectivity index (χ1n) is 14.0. The monoisotopic (exact) mass is 588 g/mol. The van der Waals surface area contributed by atoms with Crippen molar-refractivity contribution in [2.24, 2.45) is 11.8 Å². The standard InChI is InChI=1S/C28H44O11S/c1-20-4-6-22(7-5-20)40(29,30)38-17-16-37-27-24-19-21-18-23(25(24)35-14-12-33-10-8-31-2)26(28(27)39-21)36-15-13-34-11-9-32-3/h4-7,21,23-28H,8-19H2,1-3H3/t21?,23-,24?,25+,26?,27+,28?/m0/s1. The van der Waals surface area contributed by atoms with Crippen LogP contribution < -0.4 is 0 Å². The first-order valence-corrected chi connectivity index (χ1v) is 15.4. The van der Waals surface area contributed by atoms with Crippen LogP contribution in [-0.4, -0.2) is 119 Å². The highest BCUT2D eigenvalue weighted by molar-refractivity contribution is 7.86. The van der Waals surface area contributed by atoms with Gasteiger partial charge in [0, 0.05) is 26.1 Å². The maximum atomic E-state index is 12.6. The van der Waals surface area contributed by atoms with Gasteiger partial charge in [-0.1, -0.05) is 17.7 Å². The molecule has 4 bridgehead atoms. The molecule has 2 aliphatic carbocycles.